The van der Waals surface area contributed by atoms with Gasteiger partial charge in [0.2, 0.25) is 11.8 Å². The van der Waals surface area contributed by atoms with Crippen molar-refractivity contribution < 1.29 is 9.59 Å². The van der Waals surface area contributed by atoms with E-state index >= 15 is 0 Å². The monoisotopic (exact) mass is 317 g/mol. The smallest absolute Gasteiger partial charge is 0.245 e. The Bertz CT molecular complexity index is 530. The average molecular weight is 317 g/mol. The van der Waals surface area contributed by atoms with Crippen molar-refractivity contribution in [2.45, 2.75) is 39.3 Å². The maximum atomic E-state index is 12.8. The summed E-state index contributed by atoms with van der Waals surface area (Å²) in [6.45, 7) is 8.19. The molecule has 1 aromatic rings. The molecule has 1 saturated heterocycles. The van der Waals surface area contributed by atoms with Gasteiger partial charge in [-0.2, -0.15) is 0 Å². The number of piperazine rings is 1. The van der Waals surface area contributed by atoms with E-state index in [9.17, 15) is 9.59 Å². The van der Waals surface area contributed by atoms with Crippen molar-refractivity contribution in [3.63, 3.8) is 0 Å². The first-order chi connectivity index (χ1) is 11.0. The summed E-state index contributed by atoms with van der Waals surface area (Å²) in [5.74, 6) is -0.0198. The first-order valence-corrected chi connectivity index (χ1v) is 8.33. The predicted octanol–water partition coefficient (Wildman–Crippen LogP) is 1.19. The Morgan fingerprint density at radius 1 is 1.30 bits per heavy atom. The van der Waals surface area contributed by atoms with Gasteiger partial charge in [-0.25, -0.2) is 0 Å². The number of carbonyl (C=O) groups excluding carboxylic acids is 2. The van der Waals surface area contributed by atoms with Crippen LogP contribution in [0.3, 0.4) is 0 Å². The molecule has 2 N–H and O–H groups in total. The van der Waals surface area contributed by atoms with Crippen LogP contribution in [0, 0.1) is 5.92 Å². The number of nitrogens with zero attached hydrogens (tertiary/aromatic N) is 1. The molecule has 1 heterocycles. The molecule has 1 aromatic carbocycles. The molecule has 126 valence electrons. The largest absolute Gasteiger partial charge is 0.344 e. The van der Waals surface area contributed by atoms with Crippen molar-refractivity contribution in [2.24, 2.45) is 5.92 Å². The SMILES string of the molecule is CC1CN(C(=O)C(NC(=O)Cc2ccccc2)C(C)C)CCN1. The van der Waals surface area contributed by atoms with Crippen molar-refractivity contribution >= 4 is 11.8 Å². The van der Waals surface area contributed by atoms with Crippen LogP contribution >= 0.6 is 0 Å². The van der Waals surface area contributed by atoms with E-state index < -0.39 is 6.04 Å². The molecule has 2 atom stereocenters. The van der Waals surface area contributed by atoms with E-state index in [1.54, 1.807) is 0 Å². The van der Waals surface area contributed by atoms with Crippen molar-refractivity contribution in [3.8, 4) is 0 Å². The molecule has 23 heavy (non-hydrogen) atoms. The van der Waals surface area contributed by atoms with Crippen molar-refractivity contribution in [3.05, 3.63) is 35.9 Å². The standard InChI is InChI=1S/C18H27N3O2/c1-13(2)17(18(23)21-10-9-19-14(3)12-21)20-16(22)11-15-7-5-4-6-8-15/h4-8,13-14,17,19H,9-12H2,1-3H3,(H,20,22). The molecule has 2 amide bonds. The van der Waals surface area contributed by atoms with Gasteiger partial charge in [0.1, 0.15) is 6.04 Å². The molecule has 2 unspecified atom stereocenters. The van der Waals surface area contributed by atoms with Gasteiger partial charge in [0.05, 0.1) is 6.42 Å². The predicted molar refractivity (Wildman–Crippen MR) is 91.0 cm³/mol. The van der Waals surface area contributed by atoms with E-state index in [2.05, 4.69) is 17.6 Å². The minimum absolute atomic E-state index is 0.0229. The van der Waals surface area contributed by atoms with Crippen LogP contribution in [0.15, 0.2) is 30.3 Å². The van der Waals surface area contributed by atoms with Gasteiger partial charge in [0.15, 0.2) is 0 Å². The van der Waals surface area contributed by atoms with Crippen molar-refractivity contribution in [1.82, 2.24) is 15.5 Å². The molecule has 1 aliphatic rings. The van der Waals surface area contributed by atoms with Crippen LogP contribution in [-0.2, 0) is 16.0 Å². The molecule has 5 heteroatoms. The molecule has 0 saturated carbocycles. The van der Waals surface area contributed by atoms with E-state index in [1.807, 2.05) is 49.1 Å². The zero-order valence-corrected chi connectivity index (χ0v) is 14.2. The van der Waals surface area contributed by atoms with Gasteiger partial charge in [-0.1, -0.05) is 44.2 Å². The molecule has 5 nitrogen and oxygen atoms in total. The highest BCUT2D eigenvalue weighted by molar-refractivity contribution is 5.88. The number of hydrogen-bond donors (Lipinski definition) is 2. The Morgan fingerprint density at radius 2 is 2.00 bits per heavy atom. The highest BCUT2D eigenvalue weighted by Gasteiger charge is 2.30. The number of rotatable bonds is 5. The molecule has 0 bridgehead atoms. The lowest BCUT2D eigenvalue weighted by atomic mass is 10.0. The minimum Gasteiger partial charge on any atom is -0.344 e. The van der Waals surface area contributed by atoms with Crippen LogP contribution in [0.5, 0.6) is 0 Å². The molecule has 0 spiro atoms. The van der Waals surface area contributed by atoms with E-state index in [0.717, 1.165) is 12.1 Å². The molecule has 0 aromatic heterocycles. The summed E-state index contributed by atoms with van der Waals surface area (Å²) in [5, 5.41) is 6.25. The summed E-state index contributed by atoms with van der Waals surface area (Å²) in [5.41, 5.74) is 0.954. The van der Waals surface area contributed by atoms with Gasteiger partial charge in [-0.3, -0.25) is 9.59 Å². The van der Waals surface area contributed by atoms with Crippen LogP contribution in [0.2, 0.25) is 0 Å². The summed E-state index contributed by atoms with van der Waals surface area (Å²) < 4.78 is 0. The lowest BCUT2D eigenvalue weighted by Crippen LogP contribution is -2.58. The summed E-state index contributed by atoms with van der Waals surface area (Å²) in [4.78, 5) is 26.9. The van der Waals surface area contributed by atoms with Crippen LogP contribution in [-0.4, -0.2) is 48.4 Å². The maximum absolute atomic E-state index is 12.8. The van der Waals surface area contributed by atoms with Gasteiger partial charge in [-0.05, 0) is 18.4 Å². The highest BCUT2D eigenvalue weighted by Crippen LogP contribution is 2.10. The van der Waals surface area contributed by atoms with Crippen LogP contribution < -0.4 is 10.6 Å². The normalized spacial score (nSPS) is 19.5. The first-order valence-electron chi connectivity index (χ1n) is 8.33. The third-order valence-electron chi connectivity index (χ3n) is 4.14. The lowest BCUT2D eigenvalue weighted by Gasteiger charge is -2.35. The molecule has 0 aliphatic carbocycles. The van der Waals surface area contributed by atoms with E-state index in [0.29, 0.717) is 25.6 Å². The molecular formula is C18H27N3O2. The zero-order valence-electron chi connectivity index (χ0n) is 14.2. The second kappa shape index (κ2) is 8.11. The molecule has 0 radical (unpaired) electrons. The minimum atomic E-state index is -0.462. The molecule has 2 rings (SSSR count). The Balaban J connectivity index is 1.97. The summed E-state index contributed by atoms with van der Waals surface area (Å²) in [6, 6.07) is 9.42. The molecular weight excluding hydrogens is 290 g/mol. The van der Waals surface area contributed by atoms with Crippen LogP contribution in [0.1, 0.15) is 26.3 Å². The van der Waals surface area contributed by atoms with Crippen molar-refractivity contribution in [2.75, 3.05) is 19.6 Å². The van der Waals surface area contributed by atoms with Gasteiger partial charge in [-0.15, -0.1) is 0 Å². The van der Waals surface area contributed by atoms with Gasteiger partial charge >= 0.3 is 0 Å². The van der Waals surface area contributed by atoms with Gasteiger partial charge < -0.3 is 15.5 Å². The number of amides is 2. The second-order valence-corrected chi connectivity index (χ2v) is 6.59. The Labute approximate surface area is 138 Å². The summed E-state index contributed by atoms with van der Waals surface area (Å²) in [6.07, 6.45) is 0.301. The van der Waals surface area contributed by atoms with Crippen LogP contribution in [0.25, 0.3) is 0 Å². The van der Waals surface area contributed by atoms with E-state index in [-0.39, 0.29) is 17.7 Å². The lowest BCUT2D eigenvalue weighted by molar-refractivity contribution is -0.138. The van der Waals surface area contributed by atoms with Gasteiger partial charge in [0.25, 0.3) is 0 Å². The van der Waals surface area contributed by atoms with E-state index in [4.69, 9.17) is 0 Å². The number of benzene rings is 1. The Hall–Kier alpha value is -1.88. The highest BCUT2D eigenvalue weighted by atomic mass is 16.2. The Kier molecular flexibility index (Phi) is 6.16. The van der Waals surface area contributed by atoms with Crippen LogP contribution in [0.4, 0.5) is 0 Å². The second-order valence-electron chi connectivity index (χ2n) is 6.59. The fourth-order valence-corrected chi connectivity index (χ4v) is 2.85. The quantitative estimate of drug-likeness (QED) is 0.857. The third kappa shape index (κ3) is 5.06. The van der Waals surface area contributed by atoms with E-state index in [1.165, 1.54) is 0 Å². The third-order valence-corrected chi connectivity index (χ3v) is 4.14. The van der Waals surface area contributed by atoms with Crippen molar-refractivity contribution in [1.29, 1.82) is 0 Å². The fourth-order valence-electron chi connectivity index (χ4n) is 2.85. The summed E-state index contributed by atoms with van der Waals surface area (Å²) >= 11 is 0. The number of carbonyl (C=O) groups is 2. The first kappa shape index (κ1) is 17.5. The Morgan fingerprint density at radius 3 is 2.61 bits per heavy atom. The van der Waals surface area contributed by atoms with Gasteiger partial charge in [0, 0.05) is 25.7 Å². The number of hydrogen-bond acceptors (Lipinski definition) is 3. The molecule has 1 aliphatic heterocycles. The summed E-state index contributed by atoms with van der Waals surface area (Å²) in [7, 11) is 0. The zero-order chi connectivity index (χ0) is 16.8. The fraction of sp³-hybridized carbons (Fsp3) is 0.556. The molecule has 1 fully saturated rings. The average Bonchev–Trinajstić information content (AvgIpc) is 2.52. The maximum Gasteiger partial charge on any atom is 0.245 e. The topological polar surface area (TPSA) is 61.4 Å². The number of nitrogens with one attached hydrogen (secondary N) is 2.